The molecular formula is C22H22F4N4O2. The van der Waals surface area contributed by atoms with E-state index in [0.29, 0.717) is 23.6 Å². The van der Waals surface area contributed by atoms with E-state index in [1.54, 1.807) is 13.0 Å². The van der Waals surface area contributed by atoms with Crippen LogP contribution in [-0.4, -0.2) is 27.3 Å². The number of ether oxygens (including phenoxy) is 1. The molecule has 6 nitrogen and oxygen atoms in total. The lowest BCUT2D eigenvalue weighted by molar-refractivity contribution is -0.141. The molecule has 1 aromatic carbocycles. The Morgan fingerprint density at radius 1 is 1.19 bits per heavy atom. The second kappa shape index (κ2) is 9.80. The quantitative estimate of drug-likeness (QED) is 0.588. The molecule has 0 atom stereocenters. The highest BCUT2D eigenvalue weighted by Crippen LogP contribution is 2.30. The minimum atomic E-state index is -4.42. The fraction of sp³-hybridized carbons (Fsp3) is 0.318. The van der Waals surface area contributed by atoms with Crippen LogP contribution in [0.1, 0.15) is 41.5 Å². The third kappa shape index (κ3) is 5.83. The van der Waals surface area contributed by atoms with Crippen molar-refractivity contribution < 1.29 is 27.1 Å². The zero-order valence-electron chi connectivity index (χ0n) is 17.3. The molecule has 0 unspecified atom stereocenters. The maximum Gasteiger partial charge on any atom is 0.433 e. The number of hydrogen-bond acceptors (Lipinski definition) is 4. The topological polar surface area (TPSA) is 83.0 Å². The van der Waals surface area contributed by atoms with Crippen LogP contribution in [0.4, 0.5) is 17.6 Å². The summed E-state index contributed by atoms with van der Waals surface area (Å²) in [4.78, 5) is 14.1. The van der Waals surface area contributed by atoms with Gasteiger partial charge in [-0.05, 0) is 56.5 Å². The lowest BCUT2D eigenvalue weighted by Gasteiger charge is -2.11. The van der Waals surface area contributed by atoms with E-state index in [1.165, 1.54) is 18.3 Å². The van der Waals surface area contributed by atoms with Crippen LogP contribution in [0.3, 0.4) is 0 Å². The van der Waals surface area contributed by atoms with Crippen molar-refractivity contribution in [2.24, 2.45) is 5.73 Å². The SMILES string of the molecule is CCOc1cc(F)cc(C(N)=O)c1.FC(F)(F)c1cc(-c2cc3n(n2)CCCC3)ccn1. The second-order valence-corrected chi connectivity index (χ2v) is 7.10. The third-order valence-electron chi connectivity index (χ3n) is 4.73. The van der Waals surface area contributed by atoms with Crippen LogP contribution < -0.4 is 10.5 Å². The summed E-state index contributed by atoms with van der Waals surface area (Å²) in [5.41, 5.74) is 6.36. The van der Waals surface area contributed by atoms with Gasteiger partial charge in [0.1, 0.15) is 17.3 Å². The predicted octanol–water partition coefficient (Wildman–Crippen LogP) is 4.62. The first-order valence-corrected chi connectivity index (χ1v) is 10.0. The molecule has 1 amide bonds. The number of rotatable bonds is 4. The summed E-state index contributed by atoms with van der Waals surface area (Å²) in [5, 5.41) is 4.37. The number of pyridine rings is 1. The van der Waals surface area contributed by atoms with Crippen molar-refractivity contribution in [1.29, 1.82) is 0 Å². The van der Waals surface area contributed by atoms with Crippen molar-refractivity contribution in [2.45, 2.75) is 38.9 Å². The molecule has 2 N–H and O–H groups in total. The van der Waals surface area contributed by atoms with Gasteiger partial charge in [0.2, 0.25) is 5.91 Å². The molecule has 0 fully saturated rings. The zero-order valence-corrected chi connectivity index (χ0v) is 17.3. The van der Waals surface area contributed by atoms with Crippen molar-refractivity contribution in [1.82, 2.24) is 14.8 Å². The summed E-state index contributed by atoms with van der Waals surface area (Å²) in [5.74, 6) is -0.878. The minimum Gasteiger partial charge on any atom is -0.494 e. The molecule has 170 valence electrons. The van der Waals surface area contributed by atoms with Crippen molar-refractivity contribution in [3.8, 4) is 17.0 Å². The Labute approximate surface area is 182 Å². The van der Waals surface area contributed by atoms with Gasteiger partial charge in [-0.3, -0.25) is 14.5 Å². The highest BCUT2D eigenvalue weighted by atomic mass is 19.4. The van der Waals surface area contributed by atoms with Gasteiger partial charge in [0.15, 0.2) is 0 Å². The number of aromatic nitrogens is 3. The van der Waals surface area contributed by atoms with Gasteiger partial charge in [0.05, 0.1) is 12.3 Å². The number of carbonyl (C=O) groups is 1. The van der Waals surface area contributed by atoms with E-state index < -0.39 is 23.6 Å². The Morgan fingerprint density at radius 2 is 1.97 bits per heavy atom. The zero-order chi connectivity index (χ0) is 23.3. The van der Waals surface area contributed by atoms with Crippen molar-refractivity contribution >= 4 is 5.91 Å². The van der Waals surface area contributed by atoms with Gasteiger partial charge in [-0.15, -0.1) is 0 Å². The van der Waals surface area contributed by atoms with E-state index in [9.17, 15) is 22.4 Å². The van der Waals surface area contributed by atoms with Crippen LogP contribution in [0.2, 0.25) is 0 Å². The number of primary amides is 1. The van der Waals surface area contributed by atoms with Crippen LogP contribution in [0.25, 0.3) is 11.3 Å². The van der Waals surface area contributed by atoms with Crippen LogP contribution >= 0.6 is 0 Å². The van der Waals surface area contributed by atoms with E-state index in [0.717, 1.165) is 43.6 Å². The number of alkyl halides is 3. The molecule has 4 rings (SSSR count). The Morgan fingerprint density at radius 3 is 2.62 bits per heavy atom. The molecule has 3 heterocycles. The fourth-order valence-corrected chi connectivity index (χ4v) is 3.26. The predicted molar refractivity (Wildman–Crippen MR) is 109 cm³/mol. The molecule has 10 heteroatoms. The molecule has 2 aromatic heterocycles. The Hall–Kier alpha value is -3.43. The average molecular weight is 450 g/mol. The number of fused-ring (bicyclic) bond motifs is 1. The molecule has 3 aromatic rings. The summed E-state index contributed by atoms with van der Waals surface area (Å²) >= 11 is 0. The number of nitrogens with two attached hydrogens (primary N) is 1. The van der Waals surface area contributed by atoms with Crippen LogP contribution in [-0.2, 0) is 19.1 Å². The summed E-state index contributed by atoms with van der Waals surface area (Å²) in [6.07, 6.45) is -0.135. The van der Waals surface area contributed by atoms with Gasteiger partial charge in [-0.25, -0.2) is 4.39 Å². The number of hydrogen-bond donors (Lipinski definition) is 1. The Balaban J connectivity index is 0.000000195. The summed E-state index contributed by atoms with van der Waals surface area (Å²) in [6.45, 7) is 3.03. The number of aryl methyl sites for hydroxylation is 2. The van der Waals surface area contributed by atoms with Gasteiger partial charge in [0.25, 0.3) is 0 Å². The largest absolute Gasteiger partial charge is 0.494 e. The number of halogens is 4. The lowest BCUT2D eigenvalue weighted by atomic mass is 10.1. The summed E-state index contributed by atoms with van der Waals surface area (Å²) in [6, 6.07) is 8.17. The first kappa shape index (κ1) is 23.2. The van der Waals surface area contributed by atoms with Gasteiger partial charge in [-0.1, -0.05) is 0 Å². The lowest BCUT2D eigenvalue weighted by Crippen LogP contribution is -2.11. The molecule has 0 bridgehead atoms. The molecule has 1 aliphatic heterocycles. The van der Waals surface area contributed by atoms with E-state index in [2.05, 4.69) is 10.1 Å². The smallest absolute Gasteiger partial charge is 0.433 e. The van der Waals surface area contributed by atoms with Crippen LogP contribution in [0.5, 0.6) is 5.75 Å². The third-order valence-corrected chi connectivity index (χ3v) is 4.73. The van der Waals surface area contributed by atoms with Crippen LogP contribution in [0.15, 0.2) is 42.6 Å². The number of benzene rings is 1. The molecule has 0 saturated carbocycles. The first-order valence-electron chi connectivity index (χ1n) is 10.0. The summed E-state index contributed by atoms with van der Waals surface area (Å²) in [7, 11) is 0. The van der Waals surface area contributed by atoms with E-state index >= 15 is 0 Å². The maximum atomic E-state index is 12.8. The van der Waals surface area contributed by atoms with E-state index in [1.807, 2.05) is 10.7 Å². The highest BCUT2D eigenvalue weighted by Gasteiger charge is 2.32. The standard InChI is InChI=1S/C13H12F3N3.C9H10FNO2/c14-13(15,16)12-7-9(4-5-17-12)11-8-10-3-1-2-6-19(10)18-11;1-2-13-8-4-6(9(11)12)3-7(10)5-8/h4-5,7-8H,1-3,6H2;3-5H,2H2,1H3,(H2,11,12). The van der Waals surface area contributed by atoms with Gasteiger partial charge >= 0.3 is 6.18 Å². The minimum absolute atomic E-state index is 0.114. The molecule has 0 saturated heterocycles. The van der Waals surface area contributed by atoms with E-state index in [-0.39, 0.29) is 5.56 Å². The Bertz CT molecular complexity index is 1070. The van der Waals surface area contributed by atoms with E-state index in [4.69, 9.17) is 10.5 Å². The monoisotopic (exact) mass is 450 g/mol. The van der Waals surface area contributed by atoms with Crippen LogP contribution in [0, 0.1) is 5.82 Å². The average Bonchev–Trinajstić information content (AvgIpc) is 3.18. The van der Waals surface area contributed by atoms with Gasteiger partial charge in [-0.2, -0.15) is 18.3 Å². The molecule has 32 heavy (non-hydrogen) atoms. The summed E-state index contributed by atoms with van der Waals surface area (Å²) < 4.78 is 57.6. The molecule has 0 radical (unpaired) electrons. The van der Waals surface area contributed by atoms with Gasteiger partial charge in [0, 0.05) is 35.6 Å². The van der Waals surface area contributed by atoms with Crippen molar-refractivity contribution in [3.63, 3.8) is 0 Å². The van der Waals surface area contributed by atoms with Crippen molar-refractivity contribution in [3.05, 3.63) is 65.4 Å². The fourth-order valence-electron chi connectivity index (χ4n) is 3.26. The van der Waals surface area contributed by atoms with Gasteiger partial charge < -0.3 is 10.5 Å². The number of amides is 1. The normalized spacial score (nSPS) is 13.0. The van der Waals surface area contributed by atoms with Crippen molar-refractivity contribution in [2.75, 3.05) is 6.61 Å². The number of nitrogens with zero attached hydrogens (tertiary/aromatic N) is 3. The highest BCUT2D eigenvalue weighted by molar-refractivity contribution is 5.93. The second-order valence-electron chi connectivity index (χ2n) is 7.10. The maximum absolute atomic E-state index is 12.8. The molecular weight excluding hydrogens is 428 g/mol. The Kier molecular flexibility index (Phi) is 7.12. The molecule has 1 aliphatic rings. The molecule has 0 aliphatic carbocycles. The first-order chi connectivity index (χ1) is 15.2. The molecule has 0 spiro atoms. The number of carbonyl (C=O) groups excluding carboxylic acids is 1.